The Hall–Kier alpha value is -5.28. The van der Waals surface area contributed by atoms with Crippen LogP contribution in [0.2, 0.25) is 0 Å². The predicted molar refractivity (Wildman–Crippen MR) is 173 cm³/mol. The molecular formula is C38H21BO2. The zero-order valence-electron chi connectivity index (χ0n) is 22.0. The Balaban J connectivity index is 1.75. The lowest BCUT2D eigenvalue weighted by Gasteiger charge is -2.23. The van der Waals surface area contributed by atoms with Crippen molar-refractivity contribution < 1.29 is 0 Å². The number of hydrogen-bond donors (Lipinski definition) is 0. The third-order valence-corrected chi connectivity index (χ3v) is 8.29. The van der Waals surface area contributed by atoms with Gasteiger partial charge in [0.1, 0.15) is 7.85 Å². The van der Waals surface area contributed by atoms with Gasteiger partial charge in [0.2, 0.25) is 10.9 Å². The Bertz CT molecular complexity index is 2400. The Kier molecular flexibility index (Phi) is 5.11. The monoisotopic (exact) mass is 520 g/mol. The summed E-state index contributed by atoms with van der Waals surface area (Å²) in [6, 6.07) is 42.5. The first-order valence-corrected chi connectivity index (χ1v) is 13.7. The van der Waals surface area contributed by atoms with Crippen LogP contribution in [0.3, 0.4) is 0 Å². The van der Waals surface area contributed by atoms with E-state index in [-0.39, 0.29) is 0 Å². The molecular weight excluding hydrogens is 499 g/mol. The van der Waals surface area contributed by atoms with Gasteiger partial charge in [-0.15, -0.1) is 0 Å². The van der Waals surface area contributed by atoms with Gasteiger partial charge in [-0.05, 0) is 61.0 Å². The standard InChI is InChI=1S/C38H21BO2/c39-25-15-7-14-24(20-25)31-21-30(22-10-3-1-4-11-22)35-26-16-8-18-28-33(26)34-27(17-9-19-29(34)38(41)37(28)40)36(35)32(31)23-12-5-2-6-13-23/h1-21H. The molecule has 188 valence electrons. The van der Waals surface area contributed by atoms with Crippen molar-refractivity contribution in [1.29, 1.82) is 0 Å². The Morgan fingerprint density at radius 1 is 0.390 bits per heavy atom. The van der Waals surface area contributed by atoms with Crippen molar-refractivity contribution in [3.63, 3.8) is 0 Å². The molecule has 0 N–H and O–H groups in total. The van der Waals surface area contributed by atoms with Gasteiger partial charge in [0.05, 0.1) is 0 Å². The molecule has 0 aliphatic rings. The van der Waals surface area contributed by atoms with Gasteiger partial charge in [-0.2, -0.15) is 0 Å². The second-order valence-electron chi connectivity index (χ2n) is 10.6. The largest absolute Gasteiger partial charge is 0.285 e. The molecule has 0 saturated heterocycles. The van der Waals surface area contributed by atoms with Crippen molar-refractivity contribution in [2.45, 2.75) is 0 Å². The zero-order chi connectivity index (χ0) is 27.7. The van der Waals surface area contributed by atoms with Crippen LogP contribution in [0, 0.1) is 0 Å². The van der Waals surface area contributed by atoms with E-state index in [0.29, 0.717) is 16.2 Å². The second kappa shape index (κ2) is 8.87. The fourth-order valence-corrected chi connectivity index (χ4v) is 6.60. The highest BCUT2D eigenvalue weighted by atomic mass is 16.2. The summed E-state index contributed by atoms with van der Waals surface area (Å²) in [4.78, 5) is 26.7. The van der Waals surface area contributed by atoms with E-state index in [9.17, 15) is 9.59 Å². The van der Waals surface area contributed by atoms with Gasteiger partial charge in [0.25, 0.3) is 0 Å². The van der Waals surface area contributed by atoms with E-state index in [1.165, 1.54) is 0 Å². The highest BCUT2D eigenvalue weighted by molar-refractivity contribution is 6.38. The van der Waals surface area contributed by atoms with Gasteiger partial charge in [-0.1, -0.05) is 127 Å². The minimum atomic E-state index is -0.452. The normalized spacial score (nSPS) is 11.7. The van der Waals surface area contributed by atoms with Gasteiger partial charge in [0.15, 0.2) is 0 Å². The van der Waals surface area contributed by atoms with Gasteiger partial charge in [-0.3, -0.25) is 9.59 Å². The molecule has 0 atom stereocenters. The van der Waals surface area contributed by atoms with Crippen molar-refractivity contribution >= 4 is 56.4 Å². The lowest BCUT2D eigenvalue weighted by Crippen LogP contribution is -2.24. The quantitative estimate of drug-likeness (QED) is 0.104. The second-order valence-corrected chi connectivity index (χ2v) is 10.6. The zero-order valence-corrected chi connectivity index (χ0v) is 22.0. The van der Waals surface area contributed by atoms with Crippen LogP contribution in [0.4, 0.5) is 0 Å². The summed E-state index contributed by atoms with van der Waals surface area (Å²) in [6.45, 7) is 0. The molecule has 0 bridgehead atoms. The molecule has 8 rings (SSSR count). The molecule has 0 aliphatic heterocycles. The third kappa shape index (κ3) is 3.39. The van der Waals surface area contributed by atoms with E-state index < -0.39 is 10.9 Å². The van der Waals surface area contributed by atoms with Crippen LogP contribution in [-0.2, 0) is 0 Å². The van der Waals surface area contributed by atoms with Crippen LogP contribution in [-0.4, -0.2) is 7.85 Å². The van der Waals surface area contributed by atoms with Crippen molar-refractivity contribution in [2.75, 3.05) is 0 Å². The smallest absolute Gasteiger partial charge is 0.234 e. The van der Waals surface area contributed by atoms with E-state index in [1.807, 2.05) is 66.7 Å². The fraction of sp³-hybridized carbons (Fsp3) is 0. The lowest BCUT2D eigenvalue weighted by atomic mass is 9.79. The number of benzene rings is 8. The Morgan fingerprint density at radius 3 is 1.51 bits per heavy atom. The molecule has 2 radical (unpaired) electrons. The molecule has 8 aromatic carbocycles. The van der Waals surface area contributed by atoms with E-state index in [4.69, 9.17) is 7.85 Å². The van der Waals surface area contributed by atoms with Crippen molar-refractivity contribution in [3.8, 4) is 33.4 Å². The van der Waals surface area contributed by atoms with Gasteiger partial charge >= 0.3 is 0 Å². The fourth-order valence-electron chi connectivity index (χ4n) is 6.60. The molecule has 0 unspecified atom stereocenters. The molecule has 8 aromatic rings. The molecule has 0 heterocycles. The highest BCUT2D eigenvalue weighted by Crippen LogP contribution is 2.49. The molecule has 0 aromatic heterocycles. The van der Waals surface area contributed by atoms with E-state index in [0.717, 1.165) is 65.7 Å². The SMILES string of the molecule is [B]c1cccc(-c2cc(-c3ccccc3)c3c4cccc5c(=O)c(=O)c6cccc(c3c2-c2ccccc2)c6c54)c1. The van der Waals surface area contributed by atoms with E-state index in [2.05, 4.69) is 48.5 Å². The van der Waals surface area contributed by atoms with E-state index >= 15 is 0 Å². The summed E-state index contributed by atoms with van der Waals surface area (Å²) in [5.41, 5.74) is 6.13. The maximum Gasteiger partial charge on any atom is 0.234 e. The first-order valence-electron chi connectivity index (χ1n) is 13.7. The Labute approximate surface area is 237 Å². The van der Waals surface area contributed by atoms with Crippen LogP contribution < -0.4 is 16.3 Å². The third-order valence-electron chi connectivity index (χ3n) is 8.29. The molecule has 2 nitrogen and oxygen atoms in total. The maximum atomic E-state index is 13.4. The van der Waals surface area contributed by atoms with Crippen LogP contribution in [0.1, 0.15) is 0 Å². The van der Waals surface area contributed by atoms with Crippen LogP contribution in [0.25, 0.3) is 76.5 Å². The van der Waals surface area contributed by atoms with Crippen LogP contribution in [0.5, 0.6) is 0 Å². The van der Waals surface area contributed by atoms with Gasteiger partial charge < -0.3 is 0 Å². The number of fused-ring (bicyclic) bond motifs is 3. The summed E-state index contributed by atoms with van der Waals surface area (Å²) in [6.07, 6.45) is 0. The average molecular weight is 520 g/mol. The topological polar surface area (TPSA) is 34.1 Å². The molecule has 0 aliphatic carbocycles. The van der Waals surface area contributed by atoms with Crippen molar-refractivity contribution in [1.82, 2.24) is 0 Å². The molecule has 0 amide bonds. The summed E-state index contributed by atoms with van der Waals surface area (Å²) in [5.74, 6) is 0. The molecule has 41 heavy (non-hydrogen) atoms. The van der Waals surface area contributed by atoms with Crippen LogP contribution >= 0.6 is 0 Å². The number of hydrogen-bond acceptors (Lipinski definition) is 2. The minimum absolute atomic E-state index is 0.448. The lowest BCUT2D eigenvalue weighted by molar-refractivity contribution is 1.59. The highest BCUT2D eigenvalue weighted by Gasteiger charge is 2.24. The molecule has 0 saturated carbocycles. The van der Waals surface area contributed by atoms with Gasteiger partial charge in [0, 0.05) is 21.5 Å². The first-order chi connectivity index (χ1) is 20.1. The van der Waals surface area contributed by atoms with Crippen molar-refractivity contribution in [2.24, 2.45) is 0 Å². The summed E-state index contributed by atoms with van der Waals surface area (Å²) in [5, 5.41) is 6.67. The maximum absolute atomic E-state index is 13.4. The predicted octanol–water partition coefficient (Wildman–Crippen LogP) is 7.69. The molecule has 3 heteroatoms. The van der Waals surface area contributed by atoms with E-state index in [1.54, 1.807) is 12.1 Å². The first kappa shape index (κ1) is 23.6. The Morgan fingerprint density at radius 2 is 0.902 bits per heavy atom. The molecule has 0 spiro atoms. The summed E-state index contributed by atoms with van der Waals surface area (Å²) in [7, 11) is 6.31. The summed E-state index contributed by atoms with van der Waals surface area (Å²) < 4.78 is 0. The van der Waals surface area contributed by atoms with Gasteiger partial charge in [-0.25, -0.2) is 0 Å². The van der Waals surface area contributed by atoms with Crippen molar-refractivity contribution in [3.05, 3.63) is 148 Å². The average Bonchev–Trinajstić information content (AvgIpc) is 3.03. The molecule has 0 fully saturated rings. The minimum Gasteiger partial charge on any atom is -0.285 e. The van der Waals surface area contributed by atoms with Crippen LogP contribution in [0.15, 0.2) is 137 Å². The summed E-state index contributed by atoms with van der Waals surface area (Å²) >= 11 is 0. The number of rotatable bonds is 3.